The van der Waals surface area contributed by atoms with E-state index in [1.807, 2.05) is 0 Å². The van der Waals surface area contributed by atoms with E-state index in [4.69, 9.17) is 28.9 Å². The molecule has 6 nitrogen and oxygen atoms in total. The average Bonchev–Trinajstić information content (AvgIpc) is 2.35. The lowest BCUT2D eigenvalue weighted by Gasteiger charge is -2.10. The molecule has 0 saturated carbocycles. The third-order valence-corrected chi connectivity index (χ3v) is 4.34. The van der Waals surface area contributed by atoms with Gasteiger partial charge >= 0.3 is 0 Å². The Labute approximate surface area is 119 Å². The summed E-state index contributed by atoms with van der Waals surface area (Å²) in [6.07, 6.45) is 1.10. The molecule has 0 aliphatic heterocycles. The number of nitrogens with two attached hydrogens (primary N) is 1. The van der Waals surface area contributed by atoms with Crippen LogP contribution >= 0.6 is 23.2 Å². The van der Waals surface area contributed by atoms with Crippen LogP contribution in [0.4, 0.5) is 11.5 Å². The van der Waals surface area contributed by atoms with E-state index in [2.05, 4.69) is 14.7 Å². The molecule has 1 heterocycles. The summed E-state index contributed by atoms with van der Waals surface area (Å²) < 4.78 is 26.5. The quantitative estimate of drug-likeness (QED) is 0.667. The Morgan fingerprint density at radius 2 is 1.84 bits per heavy atom. The largest absolute Gasteiger partial charge is 0.398 e. The van der Waals surface area contributed by atoms with E-state index in [0.29, 0.717) is 0 Å². The summed E-state index contributed by atoms with van der Waals surface area (Å²) in [6.45, 7) is 0. The number of anilines is 2. The first-order valence-electron chi connectivity index (χ1n) is 4.95. The van der Waals surface area contributed by atoms with Crippen LogP contribution in [-0.4, -0.2) is 18.4 Å². The van der Waals surface area contributed by atoms with Crippen molar-refractivity contribution >= 4 is 44.7 Å². The summed E-state index contributed by atoms with van der Waals surface area (Å²) in [4.78, 5) is 7.27. The zero-order valence-electron chi connectivity index (χ0n) is 9.34. The standard InChI is InChI=1S/C10H8Cl2N4O2S/c11-8-9(12)14-5-15-10(8)16-19(17,18)7-4-2-1-3-6(7)13/h1-5H,13H2,(H,14,15,16). The minimum atomic E-state index is -3.89. The highest BCUT2D eigenvalue weighted by Gasteiger charge is 2.20. The second-order valence-electron chi connectivity index (χ2n) is 3.47. The van der Waals surface area contributed by atoms with Crippen LogP contribution in [0.15, 0.2) is 35.5 Å². The Morgan fingerprint density at radius 3 is 2.53 bits per heavy atom. The number of nitrogens with one attached hydrogen (secondary N) is 1. The molecule has 0 radical (unpaired) electrons. The number of benzene rings is 1. The van der Waals surface area contributed by atoms with Gasteiger partial charge in [-0.2, -0.15) is 0 Å². The van der Waals surface area contributed by atoms with Crippen molar-refractivity contribution in [1.29, 1.82) is 0 Å². The van der Waals surface area contributed by atoms with E-state index in [1.54, 1.807) is 12.1 Å². The number of sulfonamides is 1. The van der Waals surface area contributed by atoms with Gasteiger partial charge in [0.05, 0.1) is 5.69 Å². The number of rotatable bonds is 3. The maximum Gasteiger partial charge on any atom is 0.265 e. The van der Waals surface area contributed by atoms with Crippen molar-refractivity contribution in [3.05, 3.63) is 40.8 Å². The van der Waals surface area contributed by atoms with Crippen molar-refractivity contribution in [3.8, 4) is 0 Å². The van der Waals surface area contributed by atoms with Gasteiger partial charge in [0.2, 0.25) is 0 Å². The Hall–Kier alpha value is -1.57. The van der Waals surface area contributed by atoms with E-state index in [0.717, 1.165) is 6.33 Å². The summed E-state index contributed by atoms with van der Waals surface area (Å²) in [5, 5.41) is -0.127. The molecular formula is C10H8Cl2N4O2S. The smallest absolute Gasteiger partial charge is 0.265 e. The van der Waals surface area contributed by atoms with Crippen molar-refractivity contribution in [2.45, 2.75) is 4.90 Å². The lowest BCUT2D eigenvalue weighted by Crippen LogP contribution is -2.16. The van der Waals surface area contributed by atoms with Crippen LogP contribution in [0.25, 0.3) is 0 Å². The summed E-state index contributed by atoms with van der Waals surface area (Å²) in [6, 6.07) is 6.03. The first kappa shape index (κ1) is 13.9. The second-order valence-corrected chi connectivity index (χ2v) is 5.86. The van der Waals surface area contributed by atoms with Crippen molar-refractivity contribution in [2.75, 3.05) is 10.5 Å². The Bertz CT molecular complexity index is 721. The van der Waals surface area contributed by atoms with Gasteiger partial charge in [0.15, 0.2) is 11.0 Å². The molecule has 1 aromatic carbocycles. The van der Waals surface area contributed by atoms with Gasteiger partial charge in [-0.25, -0.2) is 18.4 Å². The van der Waals surface area contributed by atoms with Crippen molar-refractivity contribution in [3.63, 3.8) is 0 Å². The average molecular weight is 319 g/mol. The Kier molecular flexibility index (Phi) is 3.79. The van der Waals surface area contributed by atoms with E-state index < -0.39 is 10.0 Å². The molecule has 0 bridgehead atoms. The van der Waals surface area contributed by atoms with Gasteiger partial charge in [0.25, 0.3) is 10.0 Å². The van der Waals surface area contributed by atoms with E-state index >= 15 is 0 Å². The molecule has 0 saturated heterocycles. The molecule has 0 aliphatic rings. The van der Waals surface area contributed by atoms with Gasteiger partial charge in [-0.05, 0) is 12.1 Å². The van der Waals surface area contributed by atoms with Crippen LogP contribution in [0.3, 0.4) is 0 Å². The lowest BCUT2D eigenvalue weighted by molar-refractivity contribution is 0.601. The van der Waals surface area contributed by atoms with Crippen LogP contribution < -0.4 is 10.5 Å². The lowest BCUT2D eigenvalue weighted by atomic mass is 10.3. The van der Waals surface area contributed by atoms with Crippen LogP contribution in [0.5, 0.6) is 0 Å². The number of aromatic nitrogens is 2. The second kappa shape index (κ2) is 5.20. The first-order valence-corrected chi connectivity index (χ1v) is 7.19. The number of nitrogen functional groups attached to an aromatic ring is 1. The summed E-state index contributed by atoms with van der Waals surface area (Å²) in [5.74, 6) is -0.107. The summed E-state index contributed by atoms with van der Waals surface area (Å²) in [5.41, 5.74) is 5.73. The van der Waals surface area contributed by atoms with Crippen molar-refractivity contribution in [2.24, 2.45) is 0 Å². The molecule has 9 heteroatoms. The fourth-order valence-corrected chi connectivity index (χ4v) is 2.82. The molecule has 0 unspecified atom stereocenters. The normalized spacial score (nSPS) is 11.3. The minimum Gasteiger partial charge on any atom is -0.398 e. The molecule has 0 aliphatic carbocycles. The van der Waals surface area contributed by atoms with Gasteiger partial charge in [0.1, 0.15) is 16.2 Å². The van der Waals surface area contributed by atoms with Crippen molar-refractivity contribution < 1.29 is 8.42 Å². The Balaban J connectivity index is 2.43. The van der Waals surface area contributed by atoms with Crippen LogP contribution in [0, 0.1) is 0 Å². The maximum absolute atomic E-state index is 12.1. The molecule has 0 atom stereocenters. The fourth-order valence-electron chi connectivity index (χ4n) is 1.33. The molecule has 0 fully saturated rings. The van der Waals surface area contributed by atoms with Crippen molar-refractivity contribution in [1.82, 2.24) is 9.97 Å². The van der Waals surface area contributed by atoms with E-state index in [1.165, 1.54) is 12.1 Å². The molecule has 100 valence electrons. The topological polar surface area (TPSA) is 98.0 Å². The number of nitrogens with zero attached hydrogens (tertiary/aromatic N) is 2. The number of hydrogen-bond donors (Lipinski definition) is 2. The van der Waals surface area contributed by atoms with Gasteiger partial charge in [0, 0.05) is 0 Å². The molecule has 19 heavy (non-hydrogen) atoms. The first-order chi connectivity index (χ1) is 8.92. The molecule has 1 aromatic heterocycles. The molecule has 0 amide bonds. The monoisotopic (exact) mass is 318 g/mol. The summed E-state index contributed by atoms with van der Waals surface area (Å²) in [7, 11) is -3.89. The van der Waals surface area contributed by atoms with Crippen LogP contribution in [0.1, 0.15) is 0 Å². The predicted octanol–water partition coefficient (Wildman–Crippen LogP) is 2.17. The van der Waals surface area contributed by atoms with E-state index in [-0.39, 0.29) is 26.6 Å². The third-order valence-electron chi connectivity index (χ3n) is 2.19. The molecule has 3 N–H and O–H groups in total. The van der Waals surface area contributed by atoms with Crippen LogP contribution in [0.2, 0.25) is 10.2 Å². The zero-order valence-corrected chi connectivity index (χ0v) is 11.7. The zero-order chi connectivity index (χ0) is 14.0. The highest BCUT2D eigenvalue weighted by atomic mass is 35.5. The molecule has 0 spiro atoms. The molecule has 2 aromatic rings. The van der Waals surface area contributed by atoms with Gasteiger partial charge in [-0.3, -0.25) is 4.72 Å². The van der Waals surface area contributed by atoms with Gasteiger partial charge in [-0.1, -0.05) is 35.3 Å². The predicted molar refractivity (Wildman–Crippen MR) is 73.7 cm³/mol. The highest BCUT2D eigenvalue weighted by Crippen LogP contribution is 2.28. The Morgan fingerprint density at radius 1 is 1.16 bits per heavy atom. The highest BCUT2D eigenvalue weighted by molar-refractivity contribution is 7.92. The minimum absolute atomic E-state index is 0.0459. The summed E-state index contributed by atoms with van der Waals surface area (Å²) >= 11 is 11.5. The molecule has 2 rings (SSSR count). The van der Waals surface area contributed by atoms with Crippen LogP contribution in [-0.2, 0) is 10.0 Å². The number of hydrogen-bond acceptors (Lipinski definition) is 5. The third kappa shape index (κ3) is 2.89. The van der Waals surface area contributed by atoms with Gasteiger partial charge < -0.3 is 5.73 Å². The SMILES string of the molecule is Nc1ccccc1S(=O)(=O)Nc1ncnc(Cl)c1Cl. The number of para-hydroxylation sites is 1. The number of halogens is 2. The maximum atomic E-state index is 12.1. The molecular weight excluding hydrogens is 311 g/mol. The van der Waals surface area contributed by atoms with E-state index in [9.17, 15) is 8.42 Å². The van der Waals surface area contributed by atoms with Gasteiger partial charge in [-0.15, -0.1) is 0 Å². The fraction of sp³-hybridized carbons (Fsp3) is 0.